The summed E-state index contributed by atoms with van der Waals surface area (Å²) >= 11 is 0. The van der Waals surface area contributed by atoms with Crippen molar-refractivity contribution in [2.75, 3.05) is 20.2 Å². The third kappa shape index (κ3) is 5.22. The van der Waals surface area contributed by atoms with Crippen molar-refractivity contribution in [3.63, 3.8) is 0 Å². The zero-order chi connectivity index (χ0) is 8.85. The molecule has 0 rings (SSSR count). The molecule has 1 atom stereocenters. The molecule has 2 heteroatoms. The normalized spacial score (nSPS) is 14.5. The van der Waals surface area contributed by atoms with Crippen LogP contribution < -0.4 is 0 Å². The lowest BCUT2D eigenvalue weighted by Crippen LogP contribution is -2.33. The van der Waals surface area contributed by atoms with E-state index < -0.39 is 0 Å². The van der Waals surface area contributed by atoms with Crippen LogP contribution in [0.4, 0.5) is 0 Å². The van der Waals surface area contributed by atoms with Crippen molar-refractivity contribution in [3.8, 4) is 0 Å². The molecule has 68 valence electrons. The van der Waals surface area contributed by atoms with E-state index >= 15 is 0 Å². The molecule has 0 aliphatic rings. The molecule has 11 heavy (non-hydrogen) atoms. The van der Waals surface area contributed by atoms with Crippen LogP contribution in [0, 0.1) is 5.92 Å². The van der Waals surface area contributed by atoms with Crippen LogP contribution in [-0.4, -0.2) is 36.2 Å². The number of rotatable bonds is 5. The van der Waals surface area contributed by atoms with E-state index in [0.717, 1.165) is 12.5 Å². The van der Waals surface area contributed by atoms with Crippen LogP contribution in [0.5, 0.6) is 0 Å². The predicted molar refractivity (Wildman–Crippen MR) is 48.6 cm³/mol. The van der Waals surface area contributed by atoms with Crippen LogP contribution in [0.3, 0.4) is 0 Å². The van der Waals surface area contributed by atoms with Crippen LogP contribution in [0.1, 0.15) is 27.2 Å². The lowest BCUT2D eigenvalue weighted by atomic mass is 10.1. The molecule has 0 heterocycles. The monoisotopic (exact) mass is 159 g/mol. The van der Waals surface area contributed by atoms with Crippen molar-refractivity contribution in [3.05, 3.63) is 0 Å². The minimum absolute atomic E-state index is 0.259. The number of aliphatic hydroxyl groups is 1. The molecule has 0 aliphatic heterocycles. The summed E-state index contributed by atoms with van der Waals surface area (Å²) in [5.41, 5.74) is 0. The molecule has 0 radical (unpaired) electrons. The highest BCUT2D eigenvalue weighted by Gasteiger charge is 2.06. The van der Waals surface area contributed by atoms with Gasteiger partial charge in [-0.3, -0.25) is 0 Å². The Kier molecular flexibility index (Phi) is 5.51. The maximum atomic E-state index is 8.83. The first kappa shape index (κ1) is 10.9. The minimum Gasteiger partial charge on any atom is -0.395 e. The van der Waals surface area contributed by atoms with Crippen LogP contribution in [-0.2, 0) is 0 Å². The first-order valence-electron chi connectivity index (χ1n) is 4.39. The fraction of sp³-hybridized carbons (Fsp3) is 1.00. The Bertz CT molecular complexity index is 93.6. The fourth-order valence-corrected chi connectivity index (χ4v) is 0.822. The van der Waals surface area contributed by atoms with Crippen LogP contribution >= 0.6 is 0 Å². The van der Waals surface area contributed by atoms with E-state index in [0.29, 0.717) is 6.04 Å². The summed E-state index contributed by atoms with van der Waals surface area (Å²) in [6.45, 7) is 7.82. The van der Waals surface area contributed by atoms with Gasteiger partial charge in [0.15, 0.2) is 0 Å². The summed E-state index contributed by atoms with van der Waals surface area (Å²) in [5.74, 6) is 0.753. The summed E-state index contributed by atoms with van der Waals surface area (Å²) in [4.78, 5) is 2.19. The third-order valence-electron chi connectivity index (χ3n) is 2.08. The largest absolute Gasteiger partial charge is 0.395 e. The van der Waals surface area contributed by atoms with Gasteiger partial charge < -0.3 is 10.0 Å². The Morgan fingerprint density at radius 1 is 1.27 bits per heavy atom. The second-order valence-electron chi connectivity index (χ2n) is 3.69. The van der Waals surface area contributed by atoms with Crippen LogP contribution in [0.25, 0.3) is 0 Å². The summed E-state index contributed by atoms with van der Waals surface area (Å²) in [7, 11) is 2.06. The molecule has 1 N–H and O–H groups in total. The van der Waals surface area contributed by atoms with Gasteiger partial charge >= 0.3 is 0 Å². The second kappa shape index (κ2) is 5.56. The summed E-state index contributed by atoms with van der Waals surface area (Å²) in [5, 5.41) is 8.83. The van der Waals surface area contributed by atoms with Crippen molar-refractivity contribution in [1.82, 2.24) is 4.90 Å². The third-order valence-corrected chi connectivity index (χ3v) is 2.08. The number of hydrogen-bond donors (Lipinski definition) is 1. The van der Waals surface area contributed by atoms with E-state index in [9.17, 15) is 0 Å². The molecule has 0 amide bonds. The quantitative estimate of drug-likeness (QED) is 0.654. The van der Waals surface area contributed by atoms with E-state index in [4.69, 9.17) is 5.11 Å². The van der Waals surface area contributed by atoms with Gasteiger partial charge in [-0.05, 0) is 32.9 Å². The molecule has 0 aliphatic carbocycles. The molecule has 0 saturated heterocycles. The minimum atomic E-state index is 0.259. The molecule has 0 aromatic rings. The molecular formula is C9H21NO. The molecule has 2 nitrogen and oxygen atoms in total. The van der Waals surface area contributed by atoms with E-state index in [2.05, 4.69) is 25.8 Å². The lowest BCUT2D eigenvalue weighted by molar-refractivity contribution is 0.154. The van der Waals surface area contributed by atoms with Crippen molar-refractivity contribution < 1.29 is 5.11 Å². The molecule has 0 aromatic carbocycles. The SMILES string of the molecule is CC(C)CCN(C)C(C)CO. The molecular weight excluding hydrogens is 138 g/mol. The lowest BCUT2D eigenvalue weighted by Gasteiger charge is -2.23. The summed E-state index contributed by atoms with van der Waals surface area (Å²) in [6, 6.07) is 0.300. The van der Waals surface area contributed by atoms with E-state index in [1.165, 1.54) is 6.42 Å². The van der Waals surface area contributed by atoms with Crippen LogP contribution in [0.15, 0.2) is 0 Å². The van der Waals surface area contributed by atoms with Gasteiger partial charge in [0.2, 0.25) is 0 Å². The highest BCUT2D eigenvalue weighted by Crippen LogP contribution is 2.02. The summed E-state index contributed by atoms with van der Waals surface area (Å²) < 4.78 is 0. The van der Waals surface area contributed by atoms with E-state index in [1.807, 2.05) is 6.92 Å². The number of likely N-dealkylation sites (N-methyl/N-ethyl adjacent to an activating group) is 1. The maximum Gasteiger partial charge on any atom is 0.0584 e. The van der Waals surface area contributed by atoms with Crippen molar-refractivity contribution in [2.24, 2.45) is 5.92 Å². The first-order chi connectivity index (χ1) is 5.07. The first-order valence-corrected chi connectivity index (χ1v) is 4.39. The second-order valence-corrected chi connectivity index (χ2v) is 3.69. The van der Waals surface area contributed by atoms with Crippen molar-refractivity contribution in [1.29, 1.82) is 0 Å². The number of aliphatic hydroxyl groups excluding tert-OH is 1. The van der Waals surface area contributed by atoms with Gasteiger partial charge in [-0.2, -0.15) is 0 Å². The highest BCUT2D eigenvalue weighted by molar-refractivity contribution is 4.61. The maximum absolute atomic E-state index is 8.83. The Morgan fingerprint density at radius 2 is 1.82 bits per heavy atom. The van der Waals surface area contributed by atoms with Gasteiger partial charge in [0.05, 0.1) is 6.61 Å². The molecule has 0 aromatic heterocycles. The highest BCUT2D eigenvalue weighted by atomic mass is 16.3. The predicted octanol–water partition coefficient (Wildman–Crippen LogP) is 1.35. The zero-order valence-corrected chi connectivity index (χ0v) is 8.17. The Hall–Kier alpha value is -0.0800. The average molecular weight is 159 g/mol. The zero-order valence-electron chi connectivity index (χ0n) is 8.17. The van der Waals surface area contributed by atoms with Crippen LogP contribution in [0.2, 0.25) is 0 Å². The smallest absolute Gasteiger partial charge is 0.0584 e. The fourth-order valence-electron chi connectivity index (χ4n) is 0.822. The standard InChI is InChI=1S/C9H21NO/c1-8(2)5-6-10(4)9(3)7-11/h8-9,11H,5-7H2,1-4H3. The number of nitrogens with zero attached hydrogens (tertiary/aromatic N) is 1. The van der Waals surface area contributed by atoms with Gasteiger partial charge in [0.25, 0.3) is 0 Å². The average Bonchev–Trinajstić information content (AvgIpc) is 1.98. The van der Waals surface area contributed by atoms with Gasteiger partial charge in [0, 0.05) is 6.04 Å². The molecule has 1 unspecified atom stereocenters. The molecule has 0 bridgehead atoms. The van der Waals surface area contributed by atoms with Crippen molar-refractivity contribution in [2.45, 2.75) is 33.2 Å². The Labute approximate surface area is 70.2 Å². The number of hydrogen-bond acceptors (Lipinski definition) is 2. The van der Waals surface area contributed by atoms with Gasteiger partial charge in [-0.25, -0.2) is 0 Å². The van der Waals surface area contributed by atoms with Gasteiger partial charge in [-0.1, -0.05) is 13.8 Å². The van der Waals surface area contributed by atoms with Gasteiger partial charge in [0.1, 0.15) is 0 Å². The van der Waals surface area contributed by atoms with E-state index in [-0.39, 0.29) is 6.61 Å². The summed E-state index contributed by atoms with van der Waals surface area (Å²) in [6.07, 6.45) is 1.21. The Morgan fingerprint density at radius 3 is 2.18 bits per heavy atom. The van der Waals surface area contributed by atoms with Crippen molar-refractivity contribution >= 4 is 0 Å². The van der Waals surface area contributed by atoms with E-state index in [1.54, 1.807) is 0 Å². The Balaban J connectivity index is 3.43. The van der Waals surface area contributed by atoms with Gasteiger partial charge in [-0.15, -0.1) is 0 Å². The molecule has 0 fully saturated rings. The molecule has 0 spiro atoms. The topological polar surface area (TPSA) is 23.5 Å². The molecule has 0 saturated carbocycles.